The summed E-state index contributed by atoms with van der Waals surface area (Å²) in [5.74, 6) is 0.454. The van der Waals surface area contributed by atoms with Gasteiger partial charge < -0.3 is 29.3 Å². The van der Waals surface area contributed by atoms with E-state index < -0.39 is 11.9 Å². The summed E-state index contributed by atoms with van der Waals surface area (Å²) in [5.41, 5.74) is 0.993. The maximum Gasteiger partial charge on any atom is 0.282 e. The maximum absolute atomic E-state index is 12.7. The highest BCUT2D eigenvalue weighted by atomic mass is 32.2. The van der Waals surface area contributed by atoms with Crippen LogP contribution in [0.2, 0.25) is 0 Å². The van der Waals surface area contributed by atoms with Crippen molar-refractivity contribution in [1.82, 2.24) is 4.90 Å². The second-order valence-electron chi connectivity index (χ2n) is 8.28. The van der Waals surface area contributed by atoms with Gasteiger partial charge in [-0.05, 0) is 42.9 Å². The molecule has 2 aliphatic rings. The van der Waals surface area contributed by atoms with E-state index >= 15 is 0 Å². The zero-order valence-electron chi connectivity index (χ0n) is 18.0. The molecule has 7 nitrogen and oxygen atoms in total. The molecule has 2 heterocycles. The third kappa shape index (κ3) is 5.29. The molecule has 0 radical (unpaired) electrons. The van der Waals surface area contributed by atoms with Crippen molar-refractivity contribution in [3.05, 3.63) is 29.8 Å². The number of thioether (sulfide) groups is 1. The fourth-order valence-corrected chi connectivity index (χ4v) is 5.32. The first kappa shape index (κ1) is 23.3. The summed E-state index contributed by atoms with van der Waals surface area (Å²) in [6.07, 6.45) is 1.67. The number of rotatable bonds is 9. The second-order valence-corrected chi connectivity index (χ2v) is 9.25. The SMILES string of the molecule is COc1ccc(CN2C(=O)SCC2[C@]2(OC)C[C@H](O)C[C@H](CC[C@H](C)CO)O2)cc1. The number of aliphatic hydroxyl groups is 2. The number of nitrogens with zero attached hydrogens (tertiary/aromatic N) is 1. The Labute approximate surface area is 182 Å². The molecule has 0 bridgehead atoms. The Bertz CT molecular complexity index is 701. The van der Waals surface area contributed by atoms with Crippen LogP contribution in [0.4, 0.5) is 4.79 Å². The van der Waals surface area contributed by atoms with E-state index in [1.54, 1.807) is 19.1 Å². The van der Waals surface area contributed by atoms with Gasteiger partial charge in [0, 0.05) is 32.4 Å². The van der Waals surface area contributed by atoms with Gasteiger partial charge in [-0.2, -0.15) is 0 Å². The van der Waals surface area contributed by atoms with Crippen LogP contribution < -0.4 is 4.74 Å². The number of hydrogen-bond acceptors (Lipinski definition) is 7. The van der Waals surface area contributed by atoms with Crippen LogP contribution in [0.25, 0.3) is 0 Å². The van der Waals surface area contributed by atoms with Crippen molar-refractivity contribution >= 4 is 17.0 Å². The van der Waals surface area contributed by atoms with Crippen LogP contribution >= 0.6 is 11.8 Å². The fraction of sp³-hybridized carbons (Fsp3) is 0.682. The zero-order valence-corrected chi connectivity index (χ0v) is 18.8. The molecule has 1 amide bonds. The van der Waals surface area contributed by atoms with Crippen molar-refractivity contribution < 1.29 is 29.2 Å². The van der Waals surface area contributed by atoms with E-state index in [0.29, 0.717) is 25.1 Å². The standard InChI is InChI=1S/C22H33NO6S/c1-15(13-24)4-7-19-10-17(25)11-22(28-3,29-19)20-14-30-21(26)23(20)12-16-5-8-18(27-2)9-6-16/h5-6,8-9,15,17,19-20,24-25H,4,7,10-14H2,1-3H3/t15-,17+,19-,20?,22-/m0/s1. The number of carbonyl (C=O) groups excluding carboxylic acids is 1. The van der Waals surface area contributed by atoms with Crippen LogP contribution in [0.1, 0.15) is 38.2 Å². The first-order valence-corrected chi connectivity index (χ1v) is 11.5. The summed E-state index contributed by atoms with van der Waals surface area (Å²) in [5, 5.41) is 19.9. The lowest BCUT2D eigenvalue weighted by atomic mass is 9.90. The zero-order chi connectivity index (χ0) is 21.7. The van der Waals surface area contributed by atoms with Crippen molar-refractivity contribution in [2.45, 2.75) is 63.2 Å². The van der Waals surface area contributed by atoms with Gasteiger partial charge in [0.15, 0.2) is 5.79 Å². The average molecular weight is 440 g/mol. The van der Waals surface area contributed by atoms with E-state index in [0.717, 1.165) is 24.2 Å². The second kappa shape index (κ2) is 10.3. The smallest absolute Gasteiger partial charge is 0.282 e. The quantitative estimate of drug-likeness (QED) is 0.611. The summed E-state index contributed by atoms with van der Waals surface area (Å²) in [6.45, 7) is 2.57. The summed E-state index contributed by atoms with van der Waals surface area (Å²) in [6, 6.07) is 7.35. The monoisotopic (exact) mass is 439 g/mol. The molecule has 0 spiro atoms. The van der Waals surface area contributed by atoms with Crippen molar-refractivity contribution in [3.63, 3.8) is 0 Å². The Morgan fingerprint density at radius 2 is 2.07 bits per heavy atom. The molecule has 2 fully saturated rings. The molecule has 2 N–H and O–H groups in total. The van der Waals surface area contributed by atoms with E-state index in [4.69, 9.17) is 14.2 Å². The van der Waals surface area contributed by atoms with Gasteiger partial charge in [0.25, 0.3) is 5.24 Å². The van der Waals surface area contributed by atoms with Crippen LogP contribution in [-0.2, 0) is 16.0 Å². The molecule has 3 rings (SSSR count). The predicted molar refractivity (Wildman–Crippen MR) is 116 cm³/mol. The Hall–Kier alpha value is -1.32. The number of ether oxygens (including phenoxy) is 3. The lowest BCUT2D eigenvalue weighted by Gasteiger charge is -2.47. The van der Waals surface area contributed by atoms with Crippen molar-refractivity contribution in [1.29, 1.82) is 0 Å². The molecule has 5 atom stereocenters. The number of aliphatic hydroxyl groups excluding tert-OH is 2. The summed E-state index contributed by atoms with van der Waals surface area (Å²) in [4.78, 5) is 14.5. The number of carbonyl (C=O) groups is 1. The van der Waals surface area contributed by atoms with Gasteiger partial charge in [-0.15, -0.1) is 0 Å². The van der Waals surface area contributed by atoms with Gasteiger partial charge in [-0.3, -0.25) is 4.79 Å². The Morgan fingerprint density at radius 3 is 2.70 bits per heavy atom. The molecule has 2 aliphatic heterocycles. The summed E-state index contributed by atoms with van der Waals surface area (Å²) in [7, 11) is 3.21. The van der Waals surface area contributed by atoms with Gasteiger partial charge in [0.05, 0.1) is 25.4 Å². The third-order valence-corrected chi connectivity index (χ3v) is 7.02. The largest absolute Gasteiger partial charge is 0.497 e. The van der Waals surface area contributed by atoms with Gasteiger partial charge in [-0.1, -0.05) is 30.8 Å². The Balaban J connectivity index is 1.76. The molecular formula is C22H33NO6S. The minimum absolute atomic E-state index is 0.0126. The molecule has 8 heteroatoms. The van der Waals surface area contributed by atoms with E-state index in [1.807, 2.05) is 31.2 Å². The van der Waals surface area contributed by atoms with E-state index in [9.17, 15) is 15.0 Å². The molecule has 168 valence electrons. The molecule has 2 saturated heterocycles. The molecule has 30 heavy (non-hydrogen) atoms. The van der Waals surface area contributed by atoms with Gasteiger partial charge in [-0.25, -0.2) is 0 Å². The molecule has 0 aliphatic carbocycles. The van der Waals surface area contributed by atoms with Gasteiger partial charge in [0.1, 0.15) is 5.75 Å². The van der Waals surface area contributed by atoms with E-state index in [-0.39, 0.29) is 29.9 Å². The number of amides is 1. The topological polar surface area (TPSA) is 88.5 Å². The van der Waals surface area contributed by atoms with Crippen LogP contribution in [0.3, 0.4) is 0 Å². The molecule has 0 aromatic heterocycles. The van der Waals surface area contributed by atoms with Gasteiger partial charge in [0.2, 0.25) is 0 Å². The Kier molecular flexibility index (Phi) is 8.04. The molecule has 0 saturated carbocycles. The highest BCUT2D eigenvalue weighted by Gasteiger charge is 2.53. The average Bonchev–Trinajstić information content (AvgIpc) is 3.12. The van der Waals surface area contributed by atoms with E-state index in [2.05, 4.69) is 0 Å². The highest BCUT2D eigenvalue weighted by molar-refractivity contribution is 8.13. The summed E-state index contributed by atoms with van der Waals surface area (Å²) >= 11 is 1.26. The highest BCUT2D eigenvalue weighted by Crippen LogP contribution is 2.42. The van der Waals surface area contributed by atoms with Crippen LogP contribution in [0.15, 0.2) is 24.3 Å². The first-order chi connectivity index (χ1) is 14.4. The summed E-state index contributed by atoms with van der Waals surface area (Å²) < 4.78 is 17.5. The minimum atomic E-state index is -1.05. The number of methoxy groups -OCH3 is 2. The third-order valence-electron chi connectivity index (χ3n) is 6.05. The predicted octanol–water partition coefficient (Wildman–Crippen LogP) is 3.02. The van der Waals surface area contributed by atoms with Crippen molar-refractivity contribution in [2.24, 2.45) is 5.92 Å². The molecular weight excluding hydrogens is 406 g/mol. The minimum Gasteiger partial charge on any atom is -0.497 e. The fourth-order valence-electron chi connectivity index (χ4n) is 4.23. The van der Waals surface area contributed by atoms with Crippen molar-refractivity contribution in [2.75, 3.05) is 26.6 Å². The lowest BCUT2D eigenvalue weighted by Crippen LogP contribution is -2.60. The number of hydrogen-bond donors (Lipinski definition) is 2. The van der Waals surface area contributed by atoms with Crippen LogP contribution in [0.5, 0.6) is 5.75 Å². The maximum atomic E-state index is 12.7. The molecule has 1 unspecified atom stereocenters. The molecule has 1 aromatic rings. The van der Waals surface area contributed by atoms with Crippen molar-refractivity contribution in [3.8, 4) is 5.75 Å². The Morgan fingerprint density at radius 1 is 1.33 bits per heavy atom. The number of benzene rings is 1. The van der Waals surface area contributed by atoms with Crippen LogP contribution in [0, 0.1) is 5.92 Å². The first-order valence-electron chi connectivity index (χ1n) is 10.5. The van der Waals surface area contributed by atoms with E-state index in [1.165, 1.54) is 11.8 Å². The van der Waals surface area contributed by atoms with Gasteiger partial charge >= 0.3 is 0 Å². The molecule has 1 aromatic carbocycles. The normalized spacial score (nSPS) is 30.5. The lowest BCUT2D eigenvalue weighted by molar-refractivity contribution is -0.305. The van der Waals surface area contributed by atoms with Crippen LogP contribution in [-0.4, -0.2) is 71.0 Å².